The molecular formula is C19H35IN4O2. The number of hydrogen-bond acceptors (Lipinski definition) is 4. The van der Waals surface area contributed by atoms with Gasteiger partial charge in [-0.25, -0.2) is 0 Å². The molecule has 0 heterocycles. The maximum Gasteiger partial charge on any atom is 0.191 e. The van der Waals surface area contributed by atoms with Crippen LogP contribution in [0, 0.1) is 0 Å². The molecule has 2 unspecified atom stereocenters. The molecule has 0 aliphatic rings. The highest BCUT2D eigenvalue weighted by Crippen LogP contribution is 2.23. The fourth-order valence-electron chi connectivity index (χ4n) is 2.88. The van der Waals surface area contributed by atoms with Crippen molar-refractivity contribution >= 4 is 29.9 Å². The molecule has 0 fully saturated rings. The summed E-state index contributed by atoms with van der Waals surface area (Å²) in [5.74, 6) is 1.66. The van der Waals surface area contributed by atoms with Crippen molar-refractivity contribution in [3.63, 3.8) is 0 Å². The Morgan fingerprint density at radius 1 is 1.23 bits per heavy atom. The molecule has 0 spiro atoms. The molecule has 0 saturated heterocycles. The minimum Gasteiger partial charge on any atom is -0.497 e. The summed E-state index contributed by atoms with van der Waals surface area (Å²) in [5, 5.41) is 6.79. The van der Waals surface area contributed by atoms with Crippen LogP contribution in [0.15, 0.2) is 29.3 Å². The van der Waals surface area contributed by atoms with Gasteiger partial charge in [-0.2, -0.15) is 0 Å². The molecule has 0 aromatic heterocycles. The van der Waals surface area contributed by atoms with Crippen LogP contribution in [-0.2, 0) is 4.74 Å². The lowest BCUT2D eigenvalue weighted by molar-refractivity contribution is 0.178. The Kier molecular flexibility index (Phi) is 13.5. The van der Waals surface area contributed by atoms with Crippen molar-refractivity contribution in [3.05, 3.63) is 29.8 Å². The van der Waals surface area contributed by atoms with Gasteiger partial charge in [-0.15, -0.1) is 24.0 Å². The van der Waals surface area contributed by atoms with Crippen molar-refractivity contribution in [1.82, 2.24) is 15.5 Å². The van der Waals surface area contributed by atoms with Gasteiger partial charge in [-0.05, 0) is 37.7 Å². The predicted molar refractivity (Wildman–Crippen MR) is 120 cm³/mol. The summed E-state index contributed by atoms with van der Waals surface area (Å²) in [5.41, 5.74) is 1.23. The zero-order valence-electron chi connectivity index (χ0n) is 16.9. The Balaban J connectivity index is 0.00000625. The van der Waals surface area contributed by atoms with E-state index in [1.54, 1.807) is 21.3 Å². The standard InChI is InChI=1S/C19H34N4O2.HI/c1-7-23(8-2)18(16-10-9-11-17(12-16)25-6)13-21-19(20-4)22-15(3)14-24-5;/h9-12,15,18H,7-8,13-14H2,1-6H3,(H2,20,21,22);1H. The molecule has 6 nitrogen and oxygen atoms in total. The number of benzene rings is 1. The molecule has 1 rings (SSSR count). The third-order valence-electron chi connectivity index (χ3n) is 4.22. The van der Waals surface area contributed by atoms with Crippen molar-refractivity contribution < 1.29 is 9.47 Å². The average molecular weight is 478 g/mol. The second-order valence-corrected chi connectivity index (χ2v) is 5.97. The summed E-state index contributed by atoms with van der Waals surface area (Å²) in [6, 6.07) is 8.70. The molecule has 0 saturated carbocycles. The van der Waals surface area contributed by atoms with Crippen molar-refractivity contribution in [1.29, 1.82) is 0 Å². The average Bonchev–Trinajstić information content (AvgIpc) is 2.64. The third kappa shape index (κ3) is 8.09. The van der Waals surface area contributed by atoms with Gasteiger partial charge in [-0.3, -0.25) is 9.89 Å². The van der Waals surface area contributed by atoms with Gasteiger partial charge in [0, 0.05) is 26.7 Å². The SMILES string of the molecule is CCN(CC)C(CNC(=NC)NC(C)COC)c1cccc(OC)c1.I. The second-order valence-electron chi connectivity index (χ2n) is 5.97. The van der Waals surface area contributed by atoms with Crippen LogP contribution >= 0.6 is 24.0 Å². The fraction of sp³-hybridized carbons (Fsp3) is 0.632. The lowest BCUT2D eigenvalue weighted by Gasteiger charge is -2.31. The molecule has 0 amide bonds. The quantitative estimate of drug-likeness (QED) is 0.308. The van der Waals surface area contributed by atoms with E-state index in [2.05, 4.69) is 53.4 Å². The number of nitrogens with one attached hydrogen (secondary N) is 2. The largest absolute Gasteiger partial charge is 0.497 e. The molecule has 7 heteroatoms. The maximum atomic E-state index is 5.39. The first-order valence-corrected chi connectivity index (χ1v) is 8.93. The van der Waals surface area contributed by atoms with Crippen molar-refractivity contribution in [3.8, 4) is 5.75 Å². The van der Waals surface area contributed by atoms with Crippen molar-refractivity contribution in [2.75, 3.05) is 47.5 Å². The molecule has 0 aliphatic carbocycles. The van der Waals surface area contributed by atoms with E-state index in [-0.39, 0.29) is 36.1 Å². The van der Waals surface area contributed by atoms with Gasteiger partial charge in [0.2, 0.25) is 0 Å². The Morgan fingerprint density at radius 2 is 1.92 bits per heavy atom. The molecule has 150 valence electrons. The maximum absolute atomic E-state index is 5.39. The summed E-state index contributed by atoms with van der Waals surface area (Å²) < 4.78 is 10.6. The molecule has 2 atom stereocenters. The summed E-state index contributed by atoms with van der Waals surface area (Å²) in [6.45, 7) is 9.79. The molecule has 1 aromatic carbocycles. The summed E-state index contributed by atoms with van der Waals surface area (Å²) in [6.07, 6.45) is 0. The predicted octanol–water partition coefficient (Wildman–Crippen LogP) is 2.90. The van der Waals surface area contributed by atoms with Crippen LogP contribution < -0.4 is 15.4 Å². The Bertz CT molecular complexity index is 524. The molecule has 1 aromatic rings. The zero-order valence-corrected chi connectivity index (χ0v) is 19.2. The zero-order chi connectivity index (χ0) is 18.7. The number of guanidine groups is 1. The van der Waals surface area contributed by atoms with Gasteiger partial charge in [0.25, 0.3) is 0 Å². The first kappa shape index (κ1) is 24.9. The highest BCUT2D eigenvalue weighted by Gasteiger charge is 2.19. The topological polar surface area (TPSA) is 58.1 Å². The number of methoxy groups -OCH3 is 2. The molecule has 2 N–H and O–H groups in total. The summed E-state index contributed by atoms with van der Waals surface area (Å²) in [4.78, 5) is 6.74. The van der Waals surface area contributed by atoms with E-state index in [1.165, 1.54) is 5.56 Å². The van der Waals surface area contributed by atoms with Crippen LogP contribution in [0.1, 0.15) is 32.4 Å². The van der Waals surface area contributed by atoms with Crippen molar-refractivity contribution in [2.45, 2.75) is 32.9 Å². The van der Waals surface area contributed by atoms with Crippen LogP contribution in [0.4, 0.5) is 0 Å². The number of nitrogens with zero attached hydrogens (tertiary/aromatic N) is 2. The summed E-state index contributed by atoms with van der Waals surface area (Å²) >= 11 is 0. The number of aliphatic imine (C=N–C) groups is 1. The number of ether oxygens (including phenoxy) is 2. The molecule has 0 aliphatic heterocycles. The minimum absolute atomic E-state index is 0. The van der Waals surface area contributed by atoms with E-state index in [4.69, 9.17) is 9.47 Å². The first-order chi connectivity index (χ1) is 12.1. The number of likely N-dealkylation sites (N-methyl/N-ethyl adjacent to an activating group) is 1. The fourth-order valence-corrected chi connectivity index (χ4v) is 2.88. The van der Waals surface area contributed by atoms with E-state index in [0.29, 0.717) is 6.61 Å². The normalized spacial score (nSPS) is 13.7. The van der Waals surface area contributed by atoms with Gasteiger partial charge >= 0.3 is 0 Å². The lowest BCUT2D eigenvalue weighted by Crippen LogP contribution is -2.47. The van der Waals surface area contributed by atoms with Crippen LogP contribution in [-0.4, -0.2) is 64.4 Å². The number of hydrogen-bond donors (Lipinski definition) is 2. The van der Waals surface area contributed by atoms with Crippen LogP contribution in [0.25, 0.3) is 0 Å². The Labute approximate surface area is 175 Å². The van der Waals surface area contributed by atoms with Gasteiger partial charge in [0.05, 0.1) is 19.8 Å². The van der Waals surface area contributed by atoms with E-state index in [9.17, 15) is 0 Å². The Morgan fingerprint density at radius 3 is 2.46 bits per heavy atom. The first-order valence-electron chi connectivity index (χ1n) is 8.93. The smallest absolute Gasteiger partial charge is 0.191 e. The van der Waals surface area contributed by atoms with Crippen molar-refractivity contribution in [2.24, 2.45) is 4.99 Å². The minimum atomic E-state index is 0. The van der Waals surface area contributed by atoms with E-state index in [1.807, 2.05) is 12.1 Å². The lowest BCUT2D eigenvalue weighted by atomic mass is 10.0. The monoisotopic (exact) mass is 478 g/mol. The van der Waals surface area contributed by atoms with Crippen LogP contribution in [0.5, 0.6) is 5.75 Å². The van der Waals surface area contributed by atoms with Crippen LogP contribution in [0.3, 0.4) is 0 Å². The highest BCUT2D eigenvalue weighted by molar-refractivity contribution is 14.0. The molecular weight excluding hydrogens is 443 g/mol. The summed E-state index contributed by atoms with van der Waals surface area (Å²) in [7, 11) is 5.19. The van der Waals surface area contributed by atoms with E-state index < -0.39 is 0 Å². The third-order valence-corrected chi connectivity index (χ3v) is 4.22. The number of rotatable bonds is 10. The Hall–Kier alpha value is -1.06. The van der Waals surface area contributed by atoms with Gasteiger partial charge in [0.1, 0.15) is 5.75 Å². The van der Waals surface area contributed by atoms with E-state index in [0.717, 1.165) is 31.3 Å². The molecule has 26 heavy (non-hydrogen) atoms. The van der Waals surface area contributed by atoms with Gasteiger partial charge < -0.3 is 20.1 Å². The molecule has 0 bridgehead atoms. The van der Waals surface area contributed by atoms with Gasteiger partial charge in [0.15, 0.2) is 5.96 Å². The highest BCUT2D eigenvalue weighted by atomic mass is 127. The van der Waals surface area contributed by atoms with Crippen LogP contribution in [0.2, 0.25) is 0 Å². The van der Waals surface area contributed by atoms with E-state index >= 15 is 0 Å². The molecule has 0 radical (unpaired) electrons. The second kappa shape index (κ2) is 14.1. The number of halogens is 1. The van der Waals surface area contributed by atoms with Gasteiger partial charge in [-0.1, -0.05) is 26.0 Å².